The number of hydrogen-bond acceptors (Lipinski definition) is 6. The van der Waals surface area contributed by atoms with Crippen LogP contribution in [0.3, 0.4) is 0 Å². The molecule has 3 heterocycles. The SMILES string of the molecule is Cc1nc(N[C@H](C)c2cccc(C#N)c2C)c2c(n1)C1(CCN(C)C1)C(=O)N(c1ccccc1)C2. The van der Waals surface area contributed by atoms with E-state index in [2.05, 4.69) is 30.3 Å². The molecule has 1 unspecified atom stereocenters. The Hall–Kier alpha value is -3.76. The summed E-state index contributed by atoms with van der Waals surface area (Å²) in [7, 11) is 2.06. The predicted molar refractivity (Wildman–Crippen MR) is 136 cm³/mol. The second kappa shape index (κ2) is 8.79. The Kier molecular flexibility index (Phi) is 5.78. The van der Waals surface area contributed by atoms with Crippen LogP contribution in [0.15, 0.2) is 48.5 Å². The smallest absolute Gasteiger partial charge is 0.240 e. The standard InChI is InChI=1S/C28H30N6O/c1-18-21(15-29)9-8-12-23(18)19(2)30-26-24-16-34(22-10-6-5-7-11-22)27(35)28(13-14-33(4)17-28)25(24)31-20(3)32-26/h5-12,19H,13-14,16-17H2,1-4H3,(H,30,31,32)/t19-,28?/m1/s1. The molecule has 7 nitrogen and oxygen atoms in total. The van der Waals surface area contributed by atoms with Gasteiger partial charge in [-0.1, -0.05) is 30.3 Å². The quantitative estimate of drug-likeness (QED) is 0.619. The van der Waals surface area contributed by atoms with Crippen molar-refractivity contribution in [1.82, 2.24) is 14.9 Å². The minimum absolute atomic E-state index is 0.0771. The van der Waals surface area contributed by atoms with Crippen LogP contribution in [-0.2, 0) is 16.8 Å². The summed E-state index contributed by atoms with van der Waals surface area (Å²) in [5.74, 6) is 1.51. The van der Waals surface area contributed by atoms with Crippen LogP contribution in [0.5, 0.6) is 0 Å². The summed E-state index contributed by atoms with van der Waals surface area (Å²) in [5.41, 5.74) is 4.70. The van der Waals surface area contributed by atoms with Gasteiger partial charge in [0.2, 0.25) is 5.91 Å². The molecule has 1 aromatic heterocycles. The predicted octanol–water partition coefficient (Wildman–Crippen LogP) is 4.26. The number of nitrogens with one attached hydrogen (secondary N) is 1. The van der Waals surface area contributed by atoms with Gasteiger partial charge in [0.25, 0.3) is 0 Å². The molecule has 178 valence electrons. The Morgan fingerprint density at radius 2 is 1.89 bits per heavy atom. The van der Waals surface area contributed by atoms with Gasteiger partial charge < -0.3 is 15.1 Å². The molecule has 0 saturated carbocycles. The zero-order chi connectivity index (χ0) is 24.7. The first kappa shape index (κ1) is 23.0. The number of fused-ring (bicyclic) bond motifs is 2. The molecular formula is C28H30N6O. The summed E-state index contributed by atoms with van der Waals surface area (Å²) in [6.45, 7) is 7.84. The minimum atomic E-state index is -0.692. The lowest BCUT2D eigenvalue weighted by molar-refractivity contribution is -0.124. The highest BCUT2D eigenvalue weighted by Gasteiger charge is 2.53. The third kappa shape index (κ3) is 3.84. The van der Waals surface area contributed by atoms with E-state index in [4.69, 9.17) is 9.97 Å². The Labute approximate surface area is 206 Å². The molecule has 2 aliphatic rings. The van der Waals surface area contributed by atoms with Crippen LogP contribution in [0, 0.1) is 25.2 Å². The summed E-state index contributed by atoms with van der Waals surface area (Å²) in [6, 6.07) is 17.8. The largest absolute Gasteiger partial charge is 0.363 e. The highest BCUT2D eigenvalue weighted by atomic mass is 16.2. The molecule has 1 amide bonds. The fraction of sp³-hybridized carbons (Fsp3) is 0.357. The summed E-state index contributed by atoms with van der Waals surface area (Å²) in [4.78, 5) is 27.8. The first-order valence-electron chi connectivity index (χ1n) is 12.0. The molecule has 3 aromatic rings. The number of aryl methyl sites for hydroxylation is 1. The molecule has 2 aliphatic heterocycles. The lowest BCUT2D eigenvalue weighted by atomic mass is 9.76. The molecular weight excluding hydrogens is 436 g/mol. The number of benzene rings is 2. The number of rotatable bonds is 4. The van der Waals surface area contributed by atoms with E-state index in [0.717, 1.165) is 46.9 Å². The van der Waals surface area contributed by atoms with E-state index in [1.807, 2.05) is 67.3 Å². The van der Waals surface area contributed by atoms with E-state index in [9.17, 15) is 10.1 Å². The van der Waals surface area contributed by atoms with Crippen LogP contribution in [-0.4, -0.2) is 40.9 Å². The minimum Gasteiger partial charge on any atom is -0.363 e. The van der Waals surface area contributed by atoms with E-state index in [0.29, 0.717) is 24.5 Å². The molecule has 35 heavy (non-hydrogen) atoms. The van der Waals surface area contributed by atoms with Crippen LogP contribution in [0.25, 0.3) is 0 Å². The van der Waals surface area contributed by atoms with Crippen LogP contribution in [0.2, 0.25) is 0 Å². The van der Waals surface area contributed by atoms with Gasteiger partial charge in [-0.15, -0.1) is 0 Å². The number of para-hydroxylation sites is 1. The Morgan fingerprint density at radius 1 is 1.11 bits per heavy atom. The second-order valence-corrected chi connectivity index (χ2v) is 9.74. The van der Waals surface area contributed by atoms with Crippen molar-refractivity contribution < 1.29 is 4.79 Å². The van der Waals surface area contributed by atoms with Crippen molar-refractivity contribution in [2.75, 3.05) is 30.4 Å². The number of nitriles is 1. The number of hydrogen-bond donors (Lipinski definition) is 1. The van der Waals surface area contributed by atoms with E-state index < -0.39 is 5.41 Å². The topological polar surface area (TPSA) is 85.1 Å². The van der Waals surface area contributed by atoms with E-state index in [1.54, 1.807) is 0 Å². The summed E-state index contributed by atoms with van der Waals surface area (Å²) < 4.78 is 0. The number of carbonyl (C=O) groups excluding carboxylic acids is 1. The van der Waals surface area contributed by atoms with E-state index in [-0.39, 0.29) is 11.9 Å². The van der Waals surface area contributed by atoms with Crippen molar-refractivity contribution in [3.8, 4) is 6.07 Å². The highest BCUT2D eigenvalue weighted by Crippen LogP contribution is 2.44. The molecule has 7 heteroatoms. The molecule has 1 N–H and O–H groups in total. The number of carbonyl (C=O) groups is 1. The summed E-state index contributed by atoms with van der Waals surface area (Å²) >= 11 is 0. The monoisotopic (exact) mass is 466 g/mol. The summed E-state index contributed by atoms with van der Waals surface area (Å²) in [5, 5.41) is 13.1. The highest BCUT2D eigenvalue weighted by molar-refractivity contribution is 6.03. The van der Waals surface area contributed by atoms with E-state index >= 15 is 0 Å². The van der Waals surface area contributed by atoms with Gasteiger partial charge in [0.15, 0.2) is 0 Å². The maximum atomic E-state index is 14.0. The lowest BCUT2D eigenvalue weighted by Crippen LogP contribution is -2.53. The van der Waals surface area contributed by atoms with Crippen LogP contribution < -0.4 is 10.2 Å². The Balaban J connectivity index is 1.62. The molecule has 0 bridgehead atoms. The maximum absolute atomic E-state index is 14.0. The van der Waals surface area contributed by atoms with E-state index in [1.165, 1.54) is 0 Å². The Morgan fingerprint density at radius 3 is 2.57 bits per heavy atom. The van der Waals surface area contributed by atoms with Crippen LogP contribution in [0.4, 0.5) is 11.5 Å². The number of likely N-dealkylation sites (tertiary alicyclic amines) is 1. The zero-order valence-electron chi connectivity index (χ0n) is 20.7. The average molecular weight is 467 g/mol. The number of nitrogens with zero attached hydrogens (tertiary/aromatic N) is 5. The number of aromatic nitrogens is 2. The van der Waals surface area contributed by atoms with Gasteiger partial charge in [-0.2, -0.15) is 5.26 Å². The van der Waals surface area contributed by atoms with Crippen molar-refractivity contribution in [3.63, 3.8) is 0 Å². The van der Waals surface area contributed by atoms with Gasteiger partial charge in [-0.3, -0.25) is 4.79 Å². The number of likely N-dealkylation sites (N-methyl/N-ethyl adjacent to an activating group) is 1. The summed E-state index contributed by atoms with van der Waals surface area (Å²) in [6.07, 6.45) is 0.730. The van der Waals surface area contributed by atoms with Gasteiger partial charge in [-0.25, -0.2) is 9.97 Å². The number of amides is 1. The molecule has 1 saturated heterocycles. The molecule has 0 aliphatic carbocycles. The molecule has 2 atom stereocenters. The van der Waals surface area contributed by atoms with Crippen molar-refractivity contribution in [2.45, 2.75) is 45.2 Å². The normalized spacial score (nSPS) is 20.5. The van der Waals surface area contributed by atoms with Gasteiger partial charge in [-0.05, 0) is 70.1 Å². The zero-order valence-corrected chi connectivity index (χ0v) is 20.7. The first-order chi connectivity index (χ1) is 16.8. The average Bonchev–Trinajstić information content (AvgIpc) is 3.25. The van der Waals surface area contributed by atoms with Gasteiger partial charge in [0, 0.05) is 17.8 Å². The number of anilines is 2. The van der Waals surface area contributed by atoms with Crippen molar-refractivity contribution in [3.05, 3.63) is 82.3 Å². The van der Waals surface area contributed by atoms with Gasteiger partial charge >= 0.3 is 0 Å². The third-order valence-corrected chi connectivity index (χ3v) is 7.39. The van der Waals surface area contributed by atoms with Crippen molar-refractivity contribution >= 4 is 17.4 Å². The molecule has 2 aromatic carbocycles. The van der Waals surface area contributed by atoms with Crippen LogP contribution in [0.1, 0.15) is 53.2 Å². The molecule has 0 radical (unpaired) electrons. The fourth-order valence-electron chi connectivity index (χ4n) is 5.56. The van der Waals surface area contributed by atoms with Crippen molar-refractivity contribution in [1.29, 1.82) is 5.26 Å². The Bertz CT molecular complexity index is 1330. The van der Waals surface area contributed by atoms with Gasteiger partial charge in [0.05, 0.1) is 29.9 Å². The lowest BCUT2D eigenvalue weighted by Gasteiger charge is -2.41. The third-order valence-electron chi connectivity index (χ3n) is 7.39. The maximum Gasteiger partial charge on any atom is 0.240 e. The van der Waals surface area contributed by atoms with Gasteiger partial charge in [0.1, 0.15) is 17.1 Å². The fourth-order valence-corrected chi connectivity index (χ4v) is 5.56. The van der Waals surface area contributed by atoms with Crippen molar-refractivity contribution in [2.24, 2.45) is 0 Å². The second-order valence-electron chi connectivity index (χ2n) is 9.74. The molecule has 1 spiro atoms. The molecule has 1 fully saturated rings. The first-order valence-corrected chi connectivity index (χ1v) is 12.0. The van der Waals surface area contributed by atoms with Crippen LogP contribution >= 0.6 is 0 Å². The molecule has 5 rings (SSSR count).